The number of imidazole rings is 1. The third-order valence-corrected chi connectivity index (χ3v) is 5.73. The highest BCUT2D eigenvalue weighted by Crippen LogP contribution is 2.24. The van der Waals surface area contributed by atoms with E-state index in [0.29, 0.717) is 11.6 Å². The van der Waals surface area contributed by atoms with Crippen LogP contribution in [0.5, 0.6) is 0 Å². The highest BCUT2D eigenvalue weighted by Gasteiger charge is 2.21. The Labute approximate surface area is 190 Å². The summed E-state index contributed by atoms with van der Waals surface area (Å²) in [7, 11) is 0. The van der Waals surface area contributed by atoms with Gasteiger partial charge in [0.25, 0.3) is 0 Å². The molecule has 0 spiro atoms. The van der Waals surface area contributed by atoms with Gasteiger partial charge in [0.1, 0.15) is 0 Å². The number of benzene rings is 2. The Hall–Kier alpha value is -3.49. The van der Waals surface area contributed by atoms with Crippen molar-refractivity contribution in [2.24, 2.45) is 0 Å². The van der Waals surface area contributed by atoms with Crippen LogP contribution in [0.3, 0.4) is 0 Å². The van der Waals surface area contributed by atoms with Gasteiger partial charge >= 0.3 is 0 Å². The second-order valence-corrected chi connectivity index (χ2v) is 8.12. The van der Waals surface area contributed by atoms with E-state index in [9.17, 15) is 0 Å². The zero-order valence-corrected chi connectivity index (χ0v) is 18.2. The van der Waals surface area contributed by atoms with Gasteiger partial charge in [-0.1, -0.05) is 29.8 Å². The lowest BCUT2D eigenvalue weighted by Crippen LogP contribution is -2.27. The molecular weight excluding hydrogens is 424 g/mol. The van der Waals surface area contributed by atoms with Crippen molar-refractivity contribution >= 4 is 22.5 Å². The first-order chi connectivity index (χ1) is 15.8. The monoisotopic (exact) mass is 446 g/mol. The van der Waals surface area contributed by atoms with Crippen molar-refractivity contribution in [2.75, 3.05) is 6.54 Å². The number of nitrogens with one attached hydrogen (secondary N) is 2. The molecule has 0 aliphatic heterocycles. The highest BCUT2D eigenvalue weighted by molar-refractivity contribution is 6.30. The molecule has 0 aliphatic carbocycles. The molecular formula is C23H23ClN8. The SMILES string of the molecule is Clc1ccc(Cn2nnnc2C(NCCCn2ccnc2)c2ccc3[nH]ccc3c2)cc1. The van der Waals surface area contributed by atoms with E-state index in [2.05, 4.69) is 59.6 Å². The summed E-state index contributed by atoms with van der Waals surface area (Å²) in [6.07, 6.45) is 8.52. The molecule has 0 amide bonds. The maximum atomic E-state index is 6.04. The number of fused-ring (bicyclic) bond motifs is 1. The number of tetrazole rings is 1. The number of hydrogen-bond acceptors (Lipinski definition) is 5. The predicted molar refractivity (Wildman–Crippen MR) is 123 cm³/mol. The Balaban J connectivity index is 1.40. The van der Waals surface area contributed by atoms with E-state index in [1.54, 1.807) is 6.20 Å². The molecule has 0 bridgehead atoms. The van der Waals surface area contributed by atoms with Gasteiger partial charge < -0.3 is 14.9 Å². The number of halogens is 1. The zero-order valence-electron chi connectivity index (χ0n) is 17.4. The van der Waals surface area contributed by atoms with Crippen LogP contribution in [0, 0.1) is 0 Å². The topological polar surface area (TPSA) is 89.2 Å². The van der Waals surface area contributed by atoms with Gasteiger partial charge in [-0.3, -0.25) is 0 Å². The third-order valence-electron chi connectivity index (χ3n) is 5.47. The van der Waals surface area contributed by atoms with Crippen LogP contribution >= 0.6 is 11.6 Å². The van der Waals surface area contributed by atoms with E-state index >= 15 is 0 Å². The first-order valence-corrected chi connectivity index (χ1v) is 10.9. The molecule has 0 saturated heterocycles. The van der Waals surface area contributed by atoms with Gasteiger partial charge in [-0.25, -0.2) is 9.67 Å². The average molecular weight is 447 g/mol. The van der Waals surface area contributed by atoms with Crippen LogP contribution in [0.4, 0.5) is 0 Å². The first-order valence-electron chi connectivity index (χ1n) is 10.5. The first kappa shape index (κ1) is 20.4. The minimum absolute atomic E-state index is 0.139. The molecule has 2 aromatic carbocycles. The van der Waals surface area contributed by atoms with Gasteiger partial charge in [0.2, 0.25) is 0 Å². The standard InChI is InChI=1S/C23H23ClN8/c24-20-5-2-17(3-6-20)15-32-23(28-29-30-32)22(27-9-1-12-31-13-11-25-16-31)19-4-7-21-18(14-19)8-10-26-21/h2-8,10-11,13-14,16,22,26-27H,1,9,12,15H2. The fourth-order valence-corrected chi connectivity index (χ4v) is 3.96. The van der Waals surface area contributed by atoms with Crippen LogP contribution in [-0.2, 0) is 13.1 Å². The second-order valence-electron chi connectivity index (χ2n) is 7.69. The van der Waals surface area contributed by atoms with Gasteiger partial charge in [0, 0.05) is 35.7 Å². The van der Waals surface area contributed by atoms with Crippen LogP contribution in [0.15, 0.2) is 73.4 Å². The van der Waals surface area contributed by atoms with E-state index in [0.717, 1.165) is 47.4 Å². The van der Waals surface area contributed by atoms with Gasteiger partial charge in [0.05, 0.1) is 18.9 Å². The summed E-state index contributed by atoms with van der Waals surface area (Å²) < 4.78 is 3.92. The van der Waals surface area contributed by atoms with E-state index in [1.807, 2.05) is 47.7 Å². The largest absolute Gasteiger partial charge is 0.361 e. The van der Waals surface area contributed by atoms with Crippen molar-refractivity contribution in [2.45, 2.75) is 25.6 Å². The normalized spacial score (nSPS) is 12.4. The quantitative estimate of drug-likeness (QED) is 0.336. The van der Waals surface area contributed by atoms with Crippen molar-refractivity contribution in [3.05, 3.63) is 95.4 Å². The number of nitrogens with zero attached hydrogens (tertiary/aromatic N) is 6. The molecule has 0 saturated carbocycles. The highest BCUT2D eigenvalue weighted by atomic mass is 35.5. The van der Waals surface area contributed by atoms with Crippen molar-refractivity contribution in [1.82, 2.24) is 40.1 Å². The van der Waals surface area contributed by atoms with Crippen LogP contribution in [0.1, 0.15) is 29.4 Å². The predicted octanol–water partition coefficient (Wildman–Crippen LogP) is 3.82. The molecule has 5 rings (SSSR count). The number of rotatable bonds is 9. The fraction of sp³-hybridized carbons (Fsp3) is 0.217. The summed E-state index contributed by atoms with van der Waals surface area (Å²) in [6, 6.07) is 16.1. The van der Waals surface area contributed by atoms with Crippen molar-refractivity contribution in [3.8, 4) is 0 Å². The molecule has 2 N–H and O–H groups in total. The van der Waals surface area contributed by atoms with Crippen molar-refractivity contribution in [3.63, 3.8) is 0 Å². The minimum atomic E-state index is -0.139. The summed E-state index contributed by atoms with van der Waals surface area (Å²) in [5, 5.41) is 18.2. The summed E-state index contributed by atoms with van der Waals surface area (Å²) in [5.41, 5.74) is 3.31. The molecule has 1 unspecified atom stereocenters. The van der Waals surface area contributed by atoms with Crippen LogP contribution < -0.4 is 5.32 Å². The van der Waals surface area contributed by atoms with Gasteiger partial charge in [-0.2, -0.15) is 0 Å². The molecule has 8 nitrogen and oxygen atoms in total. The summed E-state index contributed by atoms with van der Waals surface area (Å²) >= 11 is 6.04. The summed E-state index contributed by atoms with van der Waals surface area (Å²) in [4.78, 5) is 7.36. The van der Waals surface area contributed by atoms with Gasteiger partial charge in [-0.15, -0.1) is 5.10 Å². The lowest BCUT2D eigenvalue weighted by atomic mass is 10.0. The van der Waals surface area contributed by atoms with E-state index in [-0.39, 0.29) is 6.04 Å². The molecule has 0 fully saturated rings. The van der Waals surface area contributed by atoms with Gasteiger partial charge in [0.15, 0.2) is 5.82 Å². The molecule has 9 heteroatoms. The Morgan fingerprint density at radius 1 is 1.09 bits per heavy atom. The zero-order chi connectivity index (χ0) is 21.8. The average Bonchev–Trinajstić information content (AvgIpc) is 3.57. The molecule has 0 aliphatic rings. The van der Waals surface area contributed by atoms with Gasteiger partial charge in [-0.05, 0) is 70.2 Å². The Bertz CT molecular complexity index is 1270. The molecule has 32 heavy (non-hydrogen) atoms. The van der Waals surface area contributed by atoms with Crippen LogP contribution in [0.2, 0.25) is 5.02 Å². The molecule has 3 heterocycles. The third kappa shape index (κ3) is 4.56. The van der Waals surface area contributed by atoms with Crippen molar-refractivity contribution in [1.29, 1.82) is 0 Å². The number of hydrogen-bond donors (Lipinski definition) is 2. The fourth-order valence-electron chi connectivity index (χ4n) is 3.83. The Kier molecular flexibility index (Phi) is 5.96. The maximum Gasteiger partial charge on any atom is 0.173 e. The maximum absolute atomic E-state index is 6.04. The smallest absolute Gasteiger partial charge is 0.173 e. The molecule has 162 valence electrons. The molecule has 1 atom stereocenters. The Morgan fingerprint density at radius 3 is 2.84 bits per heavy atom. The van der Waals surface area contributed by atoms with E-state index < -0.39 is 0 Å². The number of aromatic nitrogens is 7. The number of aryl methyl sites for hydroxylation is 1. The number of aromatic amines is 1. The minimum Gasteiger partial charge on any atom is -0.361 e. The van der Waals surface area contributed by atoms with Crippen LogP contribution in [-0.4, -0.2) is 41.3 Å². The number of H-pyrrole nitrogens is 1. The molecule has 0 radical (unpaired) electrons. The van der Waals surface area contributed by atoms with Crippen LogP contribution in [0.25, 0.3) is 10.9 Å². The van der Waals surface area contributed by atoms with Crippen molar-refractivity contribution < 1.29 is 0 Å². The summed E-state index contributed by atoms with van der Waals surface area (Å²) in [5.74, 6) is 0.775. The Morgan fingerprint density at radius 2 is 2.00 bits per heavy atom. The second kappa shape index (κ2) is 9.33. The molecule has 3 aromatic heterocycles. The lowest BCUT2D eigenvalue weighted by Gasteiger charge is -2.19. The molecule has 5 aromatic rings. The summed E-state index contributed by atoms with van der Waals surface area (Å²) in [6.45, 7) is 2.27. The van der Waals surface area contributed by atoms with E-state index in [1.165, 1.54) is 0 Å². The van der Waals surface area contributed by atoms with E-state index in [4.69, 9.17) is 11.6 Å². The lowest BCUT2D eigenvalue weighted by molar-refractivity contribution is 0.502.